The number of unbranched alkanes of at least 4 members (excludes halogenated alkanes) is 2. The van der Waals surface area contributed by atoms with Gasteiger partial charge in [-0.3, -0.25) is 14.4 Å². The number of nitrogens with one attached hydrogen (secondary N) is 2. The van der Waals surface area contributed by atoms with E-state index in [-0.39, 0.29) is 29.7 Å². The lowest BCUT2D eigenvalue weighted by Crippen LogP contribution is -2.59. The van der Waals surface area contributed by atoms with Gasteiger partial charge in [-0.1, -0.05) is 20.8 Å². The summed E-state index contributed by atoms with van der Waals surface area (Å²) >= 11 is 0. The number of likely N-dealkylation sites (tertiary alicyclic amines) is 1. The van der Waals surface area contributed by atoms with Gasteiger partial charge in [0.25, 0.3) is 0 Å². The van der Waals surface area contributed by atoms with Crippen LogP contribution in [0.5, 0.6) is 5.75 Å². The molecule has 0 aromatic heterocycles. The topological polar surface area (TPSA) is 117 Å². The third-order valence-corrected chi connectivity index (χ3v) is 8.73. The van der Waals surface area contributed by atoms with Gasteiger partial charge in [0.15, 0.2) is 0 Å². The number of hydrogen-bond acceptors (Lipinski definition) is 6. The third-order valence-electron chi connectivity index (χ3n) is 8.73. The summed E-state index contributed by atoms with van der Waals surface area (Å²) in [4.78, 5) is 43.8. The van der Waals surface area contributed by atoms with Crippen LogP contribution in [0.2, 0.25) is 0 Å². The standard InChI is InChI=1S/C32H49N3O6/c1-8-40-22-14-12-21(13-15-22)33-26(37)23-24-28(39)35(18-10-9-11-19-36)25(32(24)17-16-31(23,7)41-32)27(38)34-30(5,6)20-29(2,3)4/h12-15,23-25,36H,8-11,16-20H2,1-7H3,(H,33,37)(H,34,38)/t23-,24-,25?,31+,32?/m0/s1. The fourth-order valence-electron chi connectivity index (χ4n) is 7.73. The lowest BCUT2D eigenvalue weighted by atomic mass is 9.66. The predicted octanol–water partition coefficient (Wildman–Crippen LogP) is 4.28. The first-order valence-electron chi connectivity index (χ1n) is 15.1. The molecule has 0 aliphatic carbocycles. The van der Waals surface area contributed by atoms with E-state index < -0.39 is 34.6 Å². The van der Waals surface area contributed by atoms with Crippen LogP contribution in [-0.4, -0.2) is 70.3 Å². The first-order valence-corrected chi connectivity index (χ1v) is 15.1. The molecule has 0 saturated carbocycles. The van der Waals surface area contributed by atoms with E-state index in [0.29, 0.717) is 50.3 Å². The summed E-state index contributed by atoms with van der Waals surface area (Å²) < 4.78 is 12.2. The lowest BCUT2D eigenvalue weighted by Gasteiger charge is -2.38. The van der Waals surface area contributed by atoms with Crippen molar-refractivity contribution < 1.29 is 29.0 Å². The molecule has 3 aliphatic heterocycles. The average molecular weight is 572 g/mol. The number of fused-ring (bicyclic) bond motifs is 1. The Bertz CT molecular complexity index is 1130. The fourth-order valence-corrected chi connectivity index (χ4v) is 7.73. The summed E-state index contributed by atoms with van der Waals surface area (Å²) in [6.45, 7) is 15.3. The number of carbonyl (C=O) groups excluding carboxylic acids is 3. The first kappa shape index (κ1) is 31.3. The summed E-state index contributed by atoms with van der Waals surface area (Å²) in [5.74, 6) is -1.46. The molecule has 0 radical (unpaired) electrons. The largest absolute Gasteiger partial charge is 0.494 e. The van der Waals surface area contributed by atoms with E-state index in [0.717, 1.165) is 12.8 Å². The van der Waals surface area contributed by atoms with E-state index in [9.17, 15) is 19.5 Å². The van der Waals surface area contributed by atoms with Crippen molar-refractivity contribution in [1.82, 2.24) is 10.2 Å². The monoisotopic (exact) mass is 571 g/mol. The van der Waals surface area contributed by atoms with Gasteiger partial charge >= 0.3 is 0 Å². The number of aliphatic hydroxyl groups excluding tert-OH is 1. The van der Waals surface area contributed by atoms with E-state index in [1.54, 1.807) is 29.2 Å². The summed E-state index contributed by atoms with van der Waals surface area (Å²) in [6.07, 6.45) is 3.91. The van der Waals surface area contributed by atoms with Gasteiger partial charge in [-0.2, -0.15) is 0 Å². The molecule has 9 heteroatoms. The van der Waals surface area contributed by atoms with E-state index in [1.807, 2.05) is 27.7 Å². The zero-order chi connectivity index (χ0) is 30.2. The Morgan fingerprint density at radius 1 is 1.07 bits per heavy atom. The molecule has 41 heavy (non-hydrogen) atoms. The first-order chi connectivity index (χ1) is 19.2. The second-order valence-electron chi connectivity index (χ2n) is 14.1. The normalized spacial score (nSPS) is 29.0. The Labute approximate surface area is 244 Å². The van der Waals surface area contributed by atoms with Crippen LogP contribution in [0, 0.1) is 17.3 Å². The van der Waals surface area contributed by atoms with Gasteiger partial charge in [0, 0.05) is 24.4 Å². The van der Waals surface area contributed by atoms with Gasteiger partial charge in [0.1, 0.15) is 17.4 Å². The highest BCUT2D eigenvalue weighted by atomic mass is 16.5. The molecule has 1 spiro atoms. The van der Waals surface area contributed by atoms with Crippen LogP contribution in [0.1, 0.15) is 87.0 Å². The Morgan fingerprint density at radius 3 is 2.37 bits per heavy atom. The summed E-state index contributed by atoms with van der Waals surface area (Å²) in [7, 11) is 0. The number of hydrogen-bond donors (Lipinski definition) is 3. The molecule has 3 aliphatic rings. The van der Waals surface area contributed by atoms with Gasteiger partial charge in [-0.05, 0) is 95.9 Å². The Balaban J connectivity index is 1.63. The van der Waals surface area contributed by atoms with Crippen LogP contribution in [0.15, 0.2) is 24.3 Å². The molecule has 228 valence electrons. The number of ether oxygens (including phenoxy) is 2. The molecule has 1 aromatic carbocycles. The van der Waals surface area contributed by atoms with Crippen molar-refractivity contribution in [3.05, 3.63) is 24.3 Å². The molecule has 9 nitrogen and oxygen atoms in total. The van der Waals surface area contributed by atoms with Crippen LogP contribution in [0.25, 0.3) is 0 Å². The maximum atomic E-state index is 14.2. The van der Waals surface area contributed by atoms with Crippen LogP contribution < -0.4 is 15.4 Å². The molecule has 3 fully saturated rings. The SMILES string of the molecule is CCOc1ccc(NC(=O)[C@@H]2[C@H]3C(=O)N(CCCCCO)C(C(=O)NC(C)(C)CC(C)(C)C)C34CC[C@@]2(C)O4)cc1. The van der Waals surface area contributed by atoms with Crippen molar-refractivity contribution in [3.8, 4) is 5.75 Å². The second-order valence-corrected chi connectivity index (χ2v) is 14.1. The Kier molecular flexibility index (Phi) is 8.82. The molecule has 1 aromatic rings. The second kappa shape index (κ2) is 11.6. The molecule has 3 saturated heterocycles. The molecular weight excluding hydrogens is 522 g/mol. The highest BCUT2D eigenvalue weighted by Crippen LogP contribution is 2.63. The van der Waals surface area contributed by atoms with Gasteiger partial charge < -0.3 is 30.1 Å². The van der Waals surface area contributed by atoms with Crippen LogP contribution in [0.4, 0.5) is 5.69 Å². The van der Waals surface area contributed by atoms with Crippen molar-refractivity contribution >= 4 is 23.4 Å². The third kappa shape index (κ3) is 6.26. The highest BCUT2D eigenvalue weighted by Gasteiger charge is 2.77. The van der Waals surface area contributed by atoms with Crippen LogP contribution in [0.3, 0.4) is 0 Å². The van der Waals surface area contributed by atoms with Crippen molar-refractivity contribution in [2.75, 3.05) is 25.1 Å². The molecule has 2 bridgehead atoms. The maximum Gasteiger partial charge on any atom is 0.246 e. The number of amides is 3. The quantitative estimate of drug-likeness (QED) is 0.323. The minimum Gasteiger partial charge on any atom is -0.494 e. The summed E-state index contributed by atoms with van der Waals surface area (Å²) in [6, 6.07) is 6.35. The molecular formula is C32H49N3O6. The number of rotatable bonds is 12. The predicted molar refractivity (Wildman–Crippen MR) is 157 cm³/mol. The molecule has 3 N–H and O–H groups in total. The van der Waals surface area contributed by atoms with Crippen molar-refractivity contribution in [2.45, 2.75) is 110 Å². The summed E-state index contributed by atoms with van der Waals surface area (Å²) in [5, 5.41) is 15.5. The Morgan fingerprint density at radius 2 is 1.76 bits per heavy atom. The fraction of sp³-hybridized carbons (Fsp3) is 0.719. The minimum absolute atomic E-state index is 0.00703. The Hall–Kier alpha value is -2.65. The van der Waals surface area contributed by atoms with Crippen molar-refractivity contribution in [1.29, 1.82) is 0 Å². The number of anilines is 1. The van der Waals surface area contributed by atoms with Gasteiger partial charge in [0.05, 0.1) is 24.0 Å². The van der Waals surface area contributed by atoms with E-state index in [1.165, 1.54) is 0 Å². The van der Waals surface area contributed by atoms with Crippen molar-refractivity contribution in [3.63, 3.8) is 0 Å². The molecule has 3 amide bonds. The lowest BCUT2D eigenvalue weighted by molar-refractivity contribution is -0.146. The average Bonchev–Trinajstić information content (AvgIpc) is 3.42. The zero-order valence-electron chi connectivity index (χ0n) is 25.8. The van der Waals surface area contributed by atoms with E-state index in [2.05, 4.69) is 31.4 Å². The van der Waals surface area contributed by atoms with E-state index in [4.69, 9.17) is 9.47 Å². The number of aliphatic hydroxyl groups is 1. The zero-order valence-corrected chi connectivity index (χ0v) is 25.8. The smallest absolute Gasteiger partial charge is 0.246 e. The number of carbonyl (C=O) groups is 3. The summed E-state index contributed by atoms with van der Waals surface area (Å²) in [5.41, 5.74) is -1.81. The van der Waals surface area contributed by atoms with Crippen LogP contribution in [-0.2, 0) is 19.1 Å². The van der Waals surface area contributed by atoms with E-state index >= 15 is 0 Å². The van der Waals surface area contributed by atoms with Gasteiger partial charge in [0.2, 0.25) is 17.7 Å². The van der Waals surface area contributed by atoms with Gasteiger partial charge in [-0.15, -0.1) is 0 Å². The maximum absolute atomic E-state index is 14.2. The highest BCUT2D eigenvalue weighted by molar-refractivity contribution is 6.02. The molecule has 4 rings (SSSR count). The number of nitrogens with zero attached hydrogens (tertiary/aromatic N) is 1. The van der Waals surface area contributed by atoms with Gasteiger partial charge in [-0.25, -0.2) is 0 Å². The minimum atomic E-state index is -1.06. The van der Waals surface area contributed by atoms with Crippen molar-refractivity contribution in [2.24, 2.45) is 17.3 Å². The van der Waals surface area contributed by atoms with Crippen LogP contribution >= 0.6 is 0 Å². The number of benzene rings is 1. The molecule has 2 unspecified atom stereocenters. The molecule has 5 atom stereocenters. The molecule has 3 heterocycles.